The smallest absolute Gasteiger partial charge is 0.0372 e. The number of nitrogens with one attached hydrogen (secondary N) is 1. The number of thiophene rings is 1. The van der Waals surface area contributed by atoms with Crippen molar-refractivity contribution in [3.8, 4) is 0 Å². The lowest BCUT2D eigenvalue weighted by Gasteiger charge is -2.20. The zero-order chi connectivity index (χ0) is 13.4. The minimum absolute atomic E-state index is 0.576. The van der Waals surface area contributed by atoms with Crippen LogP contribution in [0.2, 0.25) is 0 Å². The van der Waals surface area contributed by atoms with Crippen LogP contribution in [0, 0.1) is 11.8 Å². The van der Waals surface area contributed by atoms with Crippen molar-refractivity contribution in [3.63, 3.8) is 0 Å². The molecule has 0 spiro atoms. The SMILES string of the molecule is c1ccc(CN2CC3CNC(c4ccsc4)C3C2)cc1. The van der Waals surface area contributed by atoms with Gasteiger partial charge in [0.2, 0.25) is 0 Å². The topological polar surface area (TPSA) is 15.3 Å². The molecule has 0 radical (unpaired) electrons. The molecule has 3 atom stereocenters. The summed E-state index contributed by atoms with van der Waals surface area (Å²) in [5.74, 6) is 1.61. The number of hydrogen-bond acceptors (Lipinski definition) is 3. The maximum absolute atomic E-state index is 3.73. The Morgan fingerprint density at radius 2 is 2.05 bits per heavy atom. The van der Waals surface area contributed by atoms with E-state index in [-0.39, 0.29) is 0 Å². The zero-order valence-corrected chi connectivity index (χ0v) is 12.4. The molecule has 0 amide bonds. The van der Waals surface area contributed by atoms with Crippen molar-refractivity contribution < 1.29 is 0 Å². The van der Waals surface area contributed by atoms with E-state index >= 15 is 0 Å². The van der Waals surface area contributed by atoms with Gasteiger partial charge in [0.1, 0.15) is 0 Å². The second kappa shape index (κ2) is 5.32. The number of hydrogen-bond donors (Lipinski definition) is 1. The van der Waals surface area contributed by atoms with E-state index in [1.54, 1.807) is 0 Å². The van der Waals surface area contributed by atoms with Crippen LogP contribution in [0.3, 0.4) is 0 Å². The third kappa shape index (κ3) is 2.30. The van der Waals surface area contributed by atoms with Crippen LogP contribution in [0.4, 0.5) is 0 Å². The van der Waals surface area contributed by atoms with Gasteiger partial charge in [-0.1, -0.05) is 30.3 Å². The Hall–Kier alpha value is -1.16. The fourth-order valence-electron chi connectivity index (χ4n) is 3.80. The molecule has 0 bridgehead atoms. The van der Waals surface area contributed by atoms with Crippen LogP contribution in [0.1, 0.15) is 17.2 Å². The predicted octanol–water partition coefficient (Wildman–Crippen LogP) is 3.14. The molecule has 2 aliphatic rings. The monoisotopic (exact) mass is 284 g/mol. The van der Waals surface area contributed by atoms with Crippen molar-refractivity contribution in [2.45, 2.75) is 12.6 Å². The summed E-state index contributed by atoms with van der Waals surface area (Å²) in [7, 11) is 0. The highest BCUT2D eigenvalue weighted by Gasteiger charge is 2.42. The van der Waals surface area contributed by atoms with Crippen molar-refractivity contribution in [2.75, 3.05) is 19.6 Å². The number of likely N-dealkylation sites (tertiary alicyclic amines) is 1. The van der Waals surface area contributed by atoms with E-state index in [1.165, 1.54) is 30.8 Å². The van der Waals surface area contributed by atoms with E-state index in [0.717, 1.165) is 18.4 Å². The lowest BCUT2D eigenvalue weighted by molar-refractivity contribution is 0.294. The van der Waals surface area contributed by atoms with Gasteiger partial charge in [0.05, 0.1) is 0 Å². The first-order chi connectivity index (χ1) is 9.90. The van der Waals surface area contributed by atoms with Gasteiger partial charge in [-0.3, -0.25) is 4.90 Å². The first-order valence-corrected chi connectivity index (χ1v) is 8.36. The maximum Gasteiger partial charge on any atom is 0.0372 e. The average molecular weight is 284 g/mol. The molecule has 3 heterocycles. The number of benzene rings is 1. The van der Waals surface area contributed by atoms with Crippen LogP contribution in [0.25, 0.3) is 0 Å². The molecular weight excluding hydrogens is 264 g/mol. The first-order valence-electron chi connectivity index (χ1n) is 7.42. The first kappa shape index (κ1) is 12.6. The van der Waals surface area contributed by atoms with Crippen LogP contribution < -0.4 is 5.32 Å². The van der Waals surface area contributed by atoms with Gasteiger partial charge < -0.3 is 5.32 Å². The molecule has 1 aromatic carbocycles. The van der Waals surface area contributed by atoms with Crippen LogP contribution in [0.15, 0.2) is 47.2 Å². The molecule has 2 saturated heterocycles. The molecule has 3 unspecified atom stereocenters. The molecule has 1 N–H and O–H groups in total. The van der Waals surface area contributed by atoms with E-state index < -0.39 is 0 Å². The summed E-state index contributed by atoms with van der Waals surface area (Å²) in [5.41, 5.74) is 2.93. The van der Waals surface area contributed by atoms with Crippen molar-refractivity contribution in [3.05, 3.63) is 58.3 Å². The summed E-state index contributed by atoms with van der Waals surface area (Å²) in [6.07, 6.45) is 0. The standard InChI is InChI=1S/C17H20N2S/c1-2-4-13(5-3-1)9-19-10-15-8-18-17(16(15)11-19)14-6-7-20-12-14/h1-7,12,15-18H,8-11H2. The molecule has 20 heavy (non-hydrogen) atoms. The third-order valence-electron chi connectivity index (χ3n) is 4.75. The Morgan fingerprint density at radius 3 is 2.85 bits per heavy atom. The number of fused-ring (bicyclic) bond motifs is 1. The number of rotatable bonds is 3. The lowest BCUT2D eigenvalue weighted by Crippen LogP contribution is -2.27. The van der Waals surface area contributed by atoms with Gasteiger partial charge in [-0.05, 0) is 39.8 Å². The normalized spacial score (nSPS) is 29.7. The summed E-state index contributed by atoms with van der Waals surface area (Å²) >= 11 is 1.81. The van der Waals surface area contributed by atoms with Gasteiger partial charge in [0, 0.05) is 32.2 Å². The fourth-order valence-corrected chi connectivity index (χ4v) is 4.50. The molecule has 2 fully saturated rings. The molecular formula is C17H20N2S. The van der Waals surface area contributed by atoms with Gasteiger partial charge >= 0.3 is 0 Å². The van der Waals surface area contributed by atoms with E-state index in [2.05, 4.69) is 57.4 Å². The summed E-state index contributed by atoms with van der Waals surface area (Å²) in [4.78, 5) is 2.63. The van der Waals surface area contributed by atoms with Crippen molar-refractivity contribution in [1.29, 1.82) is 0 Å². The van der Waals surface area contributed by atoms with E-state index in [0.29, 0.717) is 6.04 Å². The Kier molecular flexibility index (Phi) is 3.34. The van der Waals surface area contributed by atoms with Crippen LogP contribution in [0.5, 0.6) is 0 Å². The summed E-state index contributed by atoms with van der Waals surface area (Å²) in [5, 5.41) is 8.23. The molecule has 0 saturated carbocycles. The van der Waals surface area contributed by atoms with Crippen LogP contribution >= 0.6 is 11.3 Å². The molecule has 2 nitrogen and oxygen atoms in total. The number of nitrogens with zero attached hydrogens (tertiary/aromatic N) is 1. The predicted molar refractivity (Wildman–Crippen MR) is 83.8 cm³/mol. The molecule has 104 valence electrons. The minimum atomic E-state index is 0.576. The Balaban J connectivity index is 1.45. The second-order valence-electron chi connectivity index (χ2n) is 6.05. The summed E-state index contributed by atoms with van der Waals surface area (Å²) in [6, 6.07) is 13.7. The fraction of sp³-hybridized carbons (Fsp3) is 0.412. The molecule has 1 aromatic heterocycles. The third-order valence-corrected chi connectivity index (χ3v) is 5.45. The molecule has 3 heteroatoms. The molecule has 2 aromatic rings. The highest BCUT2D eigenvalue weighted by molar-refractivity contribution is 7.07. The van der Waals surface area contributed by atoms with E-state index in [1.807, 2.05) is 11.3 Å². The van der Waals surface area contributed by atoms with Gasteiger partial charge in [-0.2, -0.15) is 11.3 Å². The van der Waals surface area contributed by atoms with Crippen molar-refractivity contribution >= 4 is 11.3 Å². The highest BCUT2D eigenvalue weighted by Crippen LogP contribution is 2.39. The minimum Gasteiger partial charge on any atom is -0.309 e. The molecule has 4 rings (SSSR count). The van der Waals surface area contributed by atoms with Gasteiger partial charge in [-0.15, -0.1) is 0 Å². The lowest BCUT2D eigenvalue weighted by atomic mass is 9.91. The Bertz CT molecular complexity index is 552. The van der Waals surface area contributed by atoms with Crippen LogP contribution in [-0.4, -0.2) is 24.5 Å². The van der Waals surface area contributed by atoms with Gasteiger partial charge in [-0.25, -0.2) is 0 Å². The molecule has 0 aliphatic carbocycles. The summed E-state index contributed by atoms with van der Waals surface area (Å²) in [6.45, 7) is 4.75. The largest absolute Gasteiger partial charge is 0.309 e. The Labute approximate surface area is 124 Å². The second-order valence-corrected chi connectivity index (χ2v) is 6.83. The quantitative estimate of drug-likeness (QED) is 0.931. The maximum atomic E-state index is 3.73. The van der Waals surface area contributed by atoms with Crippen LogP contribution in [-0.2, 0) is 6.54 Å². The van der Waals surface area contributed by atoms with E-state index in [9.17, 15) is 0 Å². The zero-order valence-electron chi connectivity index (χ0n) is 11.5. The Morgan fingerprint density at radius 1 is 1.15 bits per heavy atom. The average Bonchev–Trinajstić information content (AvgIpc) is 3.15. The highest BCUT2D eigenvalue weighted by atomic mass is 32.1. The van der Waals surface area contributed by atoms with Gasteiger partial charge in [0.25, 0.3) is 0 Å². The van der Waals surface area contributed by atoms with Crippen molar-refractivity contribution in [1.82, 2.24) is 10.2 Å². The molecule has 2 aliphatic heterocycles. The van der Waals surface area contributed by atoms with E-state index in [4.69, 9.17) is 0 Å². The van der Waals surface area contributed by atoms with Gasteiger partial charge in [0.15, 0.2) is 0 Å². The van der Waals surface area contributed by atoms with Crippen molar-refractivity contribution in [2.24, 2.45) is 11.8 Å². The summed E-state index contributed by atoms with van der Waals surface area (Å²) < 4.78 is 0.